The molecule has 2 heterocycles. The van der Waals surface area contributed by atoms with Gasteiger partial charge in [0, 0.05) is 19.2 Å². The monoisotopic (exact) mass is 508 g/mol. The molecule has 0 radical (unpaired) electrons. The van der Waals surface area contributed by atoms with E-state index >= 15 is 0 Å². The number of benzene rings is 2. The number of carbonyl (C=O) groups is 1. The molecule has 1 amide bonds. The molecular formula is C23H22ClFN2O4S2. The van der Waals surface area contributed by atoms with Gasteiger partial charge in [0.05, 0.1) is 4.34 Å². The van der Waals surface area contributed by atoms with Gasteiger partial charge in [-0.05, 0) is 48.2 Å². The molecule has 0 unspecified atom stereocenters. The summed E-state index contributed by atoms with van der Waals surface area (Å²) < 4.78 is 46.4. The van der Waals surface area contributed by atoms with Gasteiger partial charge in [0.2, 0.25) is 5.91 Å². The first-order chi connectivity index (χ1) is 15.8. The molecule has 10 heteroatoms. The SMILES string of the molecule is O=C(NCc1ccc(COc2cccc(F)c2)cc1)[C@@H]1CCCN1S(=O)(=O)c1ccc(Cl)s1. The second-order valence-corrected chi connectivity index (χ2v) is 11.4. The number of hydrogen-bond donors (Lipinski definition) is 1. The molecule has 1 aliphatic rings. The number of halogens is 2. The molecule has 0 spiro atoms. The Labute approximate surface area is 201 Å². The first-order valence-corrected chi connectivity index (χ1v) is 13.0. The Bertz CT molecular complexity index is 1230. The Kier molecular flexibility index (Phi) is 7.33. The quantitative estimate of drug-likeness (QED) is 0.483. The second-order valence-electron chi connectivity index (χ2n) is 7.61. The molecular weight excluding hydrogens is 487 g/mol. The summed E-state index contributed by atoms with van der Waals surface area (Å²) in [5, 5.41) is 2.84. The highest BCUT2D eigenvalue weighted by molar-refractivity contribution is 7.91. The normalized spacial score (nSPS) is 16.6. The van der Waals surface area contributed by atoms with Gasteiger partial charge in [-0.25, -0.2) is 12.8 Å². The molecule has 0 bridgehead atoms. The Morgan fingerprint density at radius 2 is 1.91 bits per heavy atom. The van der Waals surface area contributed by atoms with Gasteiger partial charge in [-0.2, -0.15) is 4.31 Å². The van der Waals surface area contributed by atoms with Crippen LogP contribution in [0.4, 0.5) is 4.39 Å². The van der Waals surface area contributed by atoms with Crippen LogP contribution in [0.5, 0.6) is 5.75 Å². The summed E-state index contributed by atoms with van der Waals surface area (Å²) >= 11 is 6.88. The Morgan fingerprint density at radius 1 is 1.15 bits per heavy atom. The maximum Gasteiger partial charge on any atom is 0.253 e. The first-order valence-electron chi connectivity index (χ1n) is 10.3. The van der Waals surface area contributed by atoms with Gasteiger partial charge in [0.1, 0.15) is 28.4 Å². The van der Waals surface area contributed by atoms with Crippen LogP contribution in [0.15, 0.2) is 64.9 Å². The number of nitrogens with one attached hydrogen (secondary N) is 1. The molecule has 6 nitrogen and oxygen atoms in total. The van der Waals surface area contributed by atoms with Crippen molar-refractivity contribution in [2.24, 2.45) is 0 Å². The van der Waals surface area contributed by atoms with Gasteiger partial charge in [-0.1, -0.05) is 41.9 Å². The van der Waals surface area contributed by atoms with Crippen LogP contribution in [0.2, 0.25) is 4.34 Å². The van der Waals surface area contributed by atoms with Crippen molar-refractivity contribution in [3.8, 4) is 5.75 Å². The van der Waals surface area contributed by atoms with Crippen molar-refractivity contribution in [2.75, 3.05) is 6.54 Å². The van der Waals surface area contributed by atoms with Crippen molar-refractivity contribution >= 4 is 38.9 Å². The third-order valence-electron chi connectivity index (χ3n) is 5.31. The Balaban J connectivity index is 1.32. The van der Waals surface area contributed by atoms with E-state index in [1.807, 2.05) is 24.3 Å². The fraction of sp³-hybridized carbons (Fsp3) is 0.261. The van der Waals surface area contributed by atoms with Crippen LogP contribution in [-0.4, -0.2) is 31.2 Å². The van der Waals surface area contributed by atoms with E-state index < -0.39 is 16.1 Å². The highest BCUT2D eigenvalue weighted by atomic mass is 35.5. The van der Waals surface area contributed by atoms with Crippen molar-refractivity contribution in [1.29, 1.82) is 0 Å². The minimum Gasteiger partial charge on any atom is -0.489 e. The number of thiophene rings is 1. The summed E-state index contributed by atoms with van der Waals surface area (Å²) in [4.78, 5) is 12.8. The fourth-order valence-corrected chi connectivity index (χ4v) is 6.89. The third-order valence-corrected chi connectivity index (χ3v) is 8.92. The van der Waals surface area contributed by atoms with Crippen LogP contribution < -0.4 is 10.1 Å². The lowest BCUT2D eigenvalue weighted by Gasteiger charge is -2.22. The highest BCUT2D eigenvalue weighted by Gasteiger charge is 2.39. The molecule has 0 saturated carbocycles. The van der Waals surface area contributed by atoms with Crippen molar-refractivity contribution < 1.29 is 22.3 Å². The average molecular weight is 509 g/mol. The zero-order valence-corrected chi connectivity index (χ0v) is 19.9. The molecule has 1 aliphatic heterocycles. The topological polar surface area (TPSA) is 75.7 Å². The lowest BCUT2D eigenvalue weighted by Crippen LogP contribution is -2.45. The maximum atomic E-state index is 13.2. The predicted molar refractivity (Wildman–Crippen MR) is 125 cm³/mol. The van der Waals surface area contributed by atoms with E-state index in [0.717, 1.165) is 22.5 Å². The lowest BCUT2D eigenvalue weighted by atomic mass is 10.1. The molecule has 3 aromatic rings. The van der Waals surface area contributed by atoms with Gasteiger partial charge < -0.3 is 10.1 Å². The van der Waals surface area contributed by atoms with E-state index in [2.05, 4.69) is 5.32 Å². The summed E-state index contributed by atoms with van der Waals surface area (Å²) in [6, 6.07) is 15.7. The largest absolute Gasteiger partial charge is 0.489 e. The Morgan fingerprint density at radius 3 is 2.61 bits per heavy atom. The lowest BCUT2D eigenvalue weighted by molar-refractivity contribution is -0.124. The molecule has 4 rings (SSSR count). The van der Waals surface area contributed by atoms with E-state index in [4.69, 9.17) is 16.3 Å². The molecule has 1 N–H and O–H groups in total. The minimum absolute atomic E-state index is 0.142. The summed E-state index contributed by atoms with van der Waals surface area (Å²) in [6.45, 7) is 0.868. The Hall–Kier alpha value is -2.46. The van der Waals surface area contributed by atoms with Crippen LogP contribution in [0.25, 0.3) is 0 Å². The zero-order chi connectivity index (χ0) is 23.4. The minimum atomic E-state index is -3.76. The number of amides is 1. The zero-order valence-electron chi connectivity index (χ0n) is 17.5. The van der Waals surface area contributed by atoms with E-state index in [1.54, 1.807) is 12.1 Å². The molecule has 174 valence electrons. The van der Waals surface area contributed by atoms with Crippen molar-refractivity contribution in [1.82, 2.24) is 9.62 Å². The van der Waals surface area contributed by atoms with Crippen LogP contribution in [0, 0.1) is 5.82 Å². The van der Waals surface area contributed by atoms with E-state index in [-0.39, 0.29) is 29.1 Å². The summed E-state index contributed by atoms with van der Waals surface area (Å²) in [5.74, 6) is -0.226. The third kappa shape index (κ3) is 5.73. The van der Waals surface area contributed by atoms with Crippen LogP contribution in [0.1, 0.15) is 24.0 Å². The van der Waals surface area contributed by atoms with E-state index in [1.165, 1.54) is 28.6 Å². The number of rotatable bonds is 8. The molecule has 0 aliphatic carbocycles. The molecule has 33 heavy (non-hydrogen) atoms. The highest BCUT2D eigenvalue weighted by Crippen LogP contribution is 2.32. The molecule has 1 atom stereocenters. The summed E-state index contributed by atoms with van der Waals surface area (Å²) in [7, 11) is -3.76. The van der Waals surface area contributed by atoms with Crippen molar-refractivity contribution in [3.63, 3.8) is 0 Å². The number of hydrogen-bond acceptors (Lipinski definition) is 5. The van der Waals surface area contributed by atoms with Crippen molar-refractivity contribution in [2.45, 2.75) is 36.2 Å². The van der Waals surface area contributed by atoms with Crippen molar-refractivity contribution in [3.05, 3.63) is 81.9 Å². The fourth-order valence-electron chi connectivity index (χ4n) is 3.63. The van der Waals surface area contributed by atoms with Crippen LogP contribution in [-0.2, 0) is 28.0 Å². The van der Waals surface area contributed by atoms with Gasteiger partial charge in [-0.15, -0.1) is 11.3 Å². The van der Waals surface area contributed by atoms with E-state index in [0.29, 0.717) is 29.5 Å². The average Bonchev–Trinajstić information content (AvgIpc) is 3.47. The van der Waals surface area contributed by atoms with Gasteiger partial charge in [0.15, 0.2) is 0 Å². The maximum absolute atomic E-state index is 13.2. The second kappa shape index (κ2) is 10.2. The molecule has 1 aromatic heterocycles. The number of ether oxygens (including phenoxy) is 1. The molecule has 1 saturated heterocycles. The van der Waals surface area contributed by atoms with E-state index in [9.17, 15) is 17.6 Å². The van der Waals surface area contributed by atoms with Crippen LogP contribution >= 0.6 is 22.9 Å². The predicted octanol–water partition coefficient (Wildman–Crippen LogP) is 4.59. The molecule has 2 aromatic carbocycles. The standard InChI is InChI=1S/C23H22ClFN2O4S2/c24-21-10-11-22(32-21)33(29,30)27-12-2-5-20(27)23(28)26-14-16-6-8-17(9-7-16)15-31-19-4-1-3-18(25)13-19/h1,3-4,6-11,13,20H,2,5,12,14-15H2,(H,26,28)/t20-/m0/s1. The van der Waals surface area contributed by atoms with Gasteiger partial charge in [0.25, 0.3) is 10.0 Å². The first kappa shape index (κ1) is 23.7. The molecule has 1 fully saturated rings. The summed E-state index contributed by atoms with van der Waals surface area (Å²) in [5.41, 5.74) is 1.77. The van der Waals surface area contributed by atoms with Crippen LogP contribution in [0.3, 0.4) is 0 Å². The number of carbonyl (C=O) groups excluding carboxylic acids is 1. The number of nitrogens with zero attached hydrogens (tertiary/aromatic N) is 1. The summed E-state index contributed by atoms with van der Waals surface area (Å²) in [6.07, 6.45) is 1.09. The van der Waals surface area contributed by atoms with Gasteiger partial charge >= 0.3 is 0 Å². The van der Waals surface area contributed by atoms with Gasteiger partial charge in [-0.3, -0.25) is 4.79 Å². The number of sulfonamides is 1. The smallest absolute Gasteiger partial charge is 0.253 e.